The molecule has 1 aliphatic rings. The van der Waals surface area contributed by atoms with Crippen LogP contribution in [0, 0.1) is 6.92 Å². The first-order valence-electron chi connectivity index (χ1n) is 10.1. The second kappa shape index (κ2) is 9.62. The maximum atomic E-state index is 13.3. The summed E-state index contributed by atoms with van der Waals surface area (Å²) in [4.78, 5) is 11.6. The summed E-state index contributed by atoms with van der Waals surface area (Å²) < 4.78 is 44.5. The fraction of sp³-hybridized carbons (Fsp3) is 0.348. The average Bonchev–Trinajstić information content (AvgIpc) is 2.78. The number of sulfonamides is 1. The summed E-state index contributed by atoms with van der Waals surface area (Å²) in [6.07, 6.45) is 2.36. The van der Waals surface area contributed by atoms with E-state index >= 15 is 0 Å². The van der Waals surface area contributed by atoms with E-state index in [1.807, 2.05) is 6.08 Å². The van der Waals surface area contributed by atoms with Crippen LogP contribution in [-0.4, -0.2) is 53.0 Å². The minimum absolute atomic E-state index is 0.181. The lowest BCUT2D eigenvalue weighted by Crippen LogP contribution is -2.35. The van der Waals surface area contributed by atoms with Gasteiger partial charge in [-0.15, -0.1) is 0 Å². The molecule has 0 saturated carbocycles. The van der Waals surface area contributed by atoms with E-state index in [2.05, 4.69) is 5.32 Å². The first-order valence-corrected chi connectivity index (χ1v) is 11.5. The van der Waals surface area contributed by atoms with Gasteiger partial charge in [0.15, 0.2) is 0 Å². The number of hydrogen-bond acceptors (Lipinski definition) is 6. The standard InChI is InChI=1S/C23H28N2O6S/c1-15-6-7-18(24-16(2)26)12-22(15)32(27,28)25-10-8-17(9-11-25)23-20(30-4)13-19(29-3)14-21(23)31-5/h6-8,12-14H,9-11H2,1-5H3,(H,24,26). The summed E-state index contributed by atoms with van der Waals surface area (Å²) >= 11 is 0. The van der Waals surface area contributed by atoms with Gasteiger partial charge in [0.1, 0.15) is 17.2 Å². The zero-order chi connectivity index (χ0) is 23.5. The lowest BCUT2D eigenvalue weighted by atomic mass is 9.98. The SMILES string of the molecule is COc1cc(OC)c(C2=CCN(S(=O)(=O)c3cc(NC(C)=O)ccc3C)CC2)c(OC)c1. The Morgan fingerprint density at radius 1 is 1.03 bits per heavy atom. The minimum Gasteiger partial charge on any atom is -0.496 e. The predicted molar refractivity (Wildman–Crippen MR) is 123 cm³/mol. The van der Waals surface area contributed by atoms with Crippen LogP contribution < -0.4 is 19.5 Å². The normalized spacial score (nSPS) is 14.5. The summed E-state index contributed by atoms with van der Waals surface area (Å²) in [5.41, 5.74) is 2.79. The van der Waals surface area contributed by atoms with Crippen LogP contribution in [0.5, 0.6) is 17.2 Å². The number of hydrogen-bond donors (Lipinski definition) is 1. The van der Waals surface area contributed by atoms with Crippen LogP contribution >= 0.6 is 0 Å². The fourth-order valence-corrected chi connectivity index (χ4v) is 5.35. The molecule has 0 fully saturated rings. The molecule has 2 aromatic carbocycles. The Labute approximate surface area is 188 Å². The second-order valence-electron chi connectivity index (χ2n) is 7.41. The van der Waals surface area contributed by atoms with Crippen LogP contribution in [0.15, 0.2) is 41.3 Å². The van der Waals surface area contributed by atoms with Gasteiger partial charge in [-0.1, -0.05) is 12.1 Å². The second-order valence-corrected chi connectivity index (χ2v) is 9.32. The molecule has 3 rings (SSSR count). The molecule has 0 aromatic heterocycles. The van der Waals surface area contributed by atoms with E-state index in [1.54, 1.807) is 52.5 Å². The van der Waals surface area contributed by atoms with Crippen LogP contribution in [0.3, 0.4) is 0 Å². The lowest BCUT2D eigenvalue weighted by molar-refractivity contribution is -0.114. The first-order chi connectivity index (χ1) is 15.2. The molecule has 1 amide bonds. The topological polar surface area (TPSA) is 94.2 Å². The van der Waals surface area contributed by atoms with Crippen molar-refractivity contribution in [2.75, 3.05) is 39.7 Å². The molecule has 1 aliphatic heterocycles. The molecule has 32 heavy (non-hydrogen) atoms. The molecule has 0 bridgehead atoms. The van der Waals surface area contributed by atoms with E-state index in [0.717, 1.165) is 11.1 Å². The summed E-state index contributed by atoms with van der Waals surface area (Å²) in [7, 11) is 0.969. The third-order valence-electron chi connectivity index (χ3n) is 5.33. The highest BCUT2D eigenvalue weighted by Crippen LogP contribution is 2.41. The number of amides is 1. The van der Waals surface area contributed by atoms with E-state index < -0.39 is 10.0 Å². The number of nitrogens with one attached hydrogen (secondary N) is 1. The van der Waals surface area contributed by atoms with Crippen molar-refractivity contribution in [2.45, 2.75) is 25.2 Å². The van der Waals surface area contributed by atoms with Crippen molar-refractivity contribution in [3.05, 3.63) is 47.5 Å². The maximum absolute atomic E-state index is 13.3. The Hall–Kier alpha value is -3.04. The van der Waals surface area contributed by atoms with Crippen LogP contribution in [0.4, 0.5) is 5.69 Å². The number of aryl methyl sites for hydroxylation is 1. The molecule has 0 saturated heterocycles. The van der Waals surface area contributed by atoms with Gasteiger partial charge in [0.05, 0.1) is 31.8 Å². The van der Waals surface area contributed by atoms with Crippen molar-refractivity contribution in [3.8, 4) is 17.2 Å². The van der Waals surface area contributed by atoms with Crippen LogP contribution in [0.2, 0.25) is 0 Å². The number of carbonyl (C=O) groups excluding carboxylic acids is 1. The molecule has 1 heterocycles. The molecule has 172 valence electrons. The molecule has 0 unspecified atom stereocenters. The van der Waals surface area contributed by atoms with Crippen molar-refractivity contribution in [1.29, 1.82) is 0 Å². The van der Waals surface area contributed by atoms with E-state index in [-0.39, 0.29) is 17.3 Å². The molecular weight excluding hydrogens is 432 g/mol. The van der Waals surface area contributed by atoms with Crippen LogP contribution in [0.1, 0.15) is 24.5 Å². The zero-order valence-electron chi connectivity index (χ0n) is 18.9. The van der Waals surface area contributed by atoms with Gasteiger partial charge in [-0.2, -0.15) is 4.31 Å². The van der Waals surface area contributed by atoms with E-state index in [9.17, 15) is 13.2 Å². The van der Waals surface area contributed by atoms with Gasteiger partial charge in [0.25, 0.3) is 0 Å². The number of anilines is 1. The van der Waals surface area contributed by atoms with Crippen LogP contribution in [-0.2, 0) is 14.8 Å². The molecular formula is C23H28N2O6S. The quantitative estimate of drug-likeness (QED) is 0.680. The lowest BCUT2D eigenvalue weighted by Gasteiger charge is -2.28. The van der Waals surface area contributed by atoms with Gasteiger partial charge >= 0.3 is 0 Å². The molecule has 8 nitrogen and oxygen atoms in total. The first kappa shape index (κ1) is 23.6. The summed E-state index contributed by atoms with van der Waals surface area (Å²) in [6, 6.07) is 8.43. The molecule has 0 spiro atoms. The Balaban J connectivity index is 1.93. The van der Waals surface area contributed by atoms with E-state index in [1.165, 1.54) is 17.3 Å². The van der Waals surface area contributed by atoms with E-state index in [4.69, 9.17) is 14.2 Å². The van der Waals surface area contributed by atoms with Crippen molar-refractivity contribution in [1.82, 2.24) is 4.31 Å². The Bertz CT molecular complexity index is 1130. The molecule has 0 radical (unpaired) electrons. The highest BCUT2D eigenvalue weighted by Gasteiger charge is 2.29. The third kappa shape index (κ3) is 4.73. The summed E-state index contributed by atoms with van der Waals surface area (Å²) in [5.74, 6) is 1.55. The maximum Gasteiger partial charge on any atom is 0.243 e. The van der Waals surface area contributed by atoms with Crippen LogP contribution in [0.25, 0.3) is 5.57 Å². The summed E-state index contributed by atoms with van der Waals surface area (Å²) in [6.45, 7) is 3.63. The number of carbonyl (C=O) groups is 1. The smallest absolute Gasteiger partial charge is 0.243 e. The third-order valence-corrected chi connectivity index (χ3v) is 7.34. The number of ether oxygens (including phenoxy) is 3. The molecule has 0 aliphatic carbocycles. The van der Waals surface area contributed by atoms with Crippen molar-refractivity contribution in [2.24, 2.45) is 0 Å². The average molecular weight is 461 g/mol. The van der Waals surface area contributed by atoms with E-state index in [0.29, 0.717) is 41.5 Å². The number of nitrogens with zero attached hydrogens (tertiary/aromatic N) is 1. The number of methoxy groups -OCH3 is 3. The molecule has 9 heteroatoms. The Morgan fingerprint density at radius 2 is 1.69 bits per heavy atom. The fourth-order valence-electron chi connectivity index (χ4n) is 3.72. The van der Waals surface area contributed by atoms with Gasteiger partial charge in [-0.3, -0.25) is 4.79 Å². The Kier molecular flexibility index (Phi) is 7.10. The zero-order valence-corrected chi connectivity index (χ0v) is 19.7. The highest BCUT2D eigenvalue weighted by atomic mass is 32.2. The van der Waals surface area contributed by atoms with Gasteiger partial charge in [0.2, 0.25) is 15.9 Å². The predicted octanol–water partition coefficient (Wildman–Crippen LogP) is 3.46. The van der Waals surface area contributed by atoms with Crippen molar-refractivity contribution < 1.29 is 27.4 Å². The van der Waals surface area contributed by atoms with Gasteiger partial charge in [0, 0.05) is 37.8 Å². The minimum atomic E-state index is -3.74. The van der Waals surface area contributed by atoms with Gasteiger partial charge < -0.3 is 19.5 Å². The van der Waals surface area contributed by atoms with Crippen molar-refractivity contribution >= 4 is 27.2 Å². The highest BCUT2D eigenvalue weighted by molar-refractivity contribution is 7.89. The largest absolute Gasteiger partial charge is 0.496 e. The number of benzene rings is 2. The van der Waals surface area contributed by atoms with Crippen molar-refractivity contribution in [3.63, 3.8) is 0 Å². The Morgan fingerprint density at radius 3 is 2.19 bits per heavy atom. The van der Waals surface area contributed by atoms with Gasteiger partial charge in [-0.25, -0.2) is 8.42 Å². The monoisotopic (exact) mass is 460 g/mol. The summed E-state index contributed by atoms with van der Waals surface area (Å²) in [5, 5.41) is 2.64. The molecule has 2 aromatic rings. The van der Waals surface area contributed by atoms with Gasteiger partial charge in [-0.05, 0) is 36.6 Å². The molecule has 0 atom stereocenters. The number of rotatable bonds is 7. The molecule has 1 N–H and O–H groups in total.